The van der Waals surface area contributed by atoms with Crippen LogP contribution in [0.15, 0.2) is 59.7 Å². The summed E-state index contributed by atoms with van der Waals surface area (Å²) in [6, 6.07) is 13.8. The molecule has 3 N–H and O–H groups in total. The highest BCUT2D eigenvalue weighted by Gasteiger charge is 2.22. The van der Waals surface area contributed by atoms with E-state index in [1.54, 1.807) is 30.8 Å². The molecule has 11 nitrogen and oxygen atoms in total. The quantitative estimate of drug-likeness (QED) is 0.239. The molecule has 0 unspecified atom stereocenters. The second-order valence-corrected chi connectivity index (χ2v) is 12.2. The lowest BCUT2D eigenvalue weighted by Crippen LogP contribution is -2.44. The molecule has 2 aliphatic heterocycles. The van der Waals surface area contributed by atoms with Gasteiger partial charge in [-0.15, -0.1) is 0 Å². The minimum atomic E-state index is -0.121. The summed E-state index contributed by atoms with van der Waals surface area (Å²) < 4.78 is 7.16. The number of nitrogens with zero attached hydrogens (tertiary/aromatic N) is 4. The van der Waals surface area contributed by atoms with Crippen LogP contribution in [0.4, 0.5) is 0 Å². The standard InChI is InChI=1S/C34H38ClN7O4/c1-21(43)41-13-11-25(12-14-41)37-18-24-19-38-30-16-22(10-15-42(30)34(24)45)27-4-3-5-28(32(27)35)29-8-6-23(33(40-29)46-2)17-36-20-26-7-9-31(44)39-26/h3-6,8,10,15-16,19,25-26,36-37H,7,9,11-14,17-18,20H2,1-2H3,(H,39,44)/t26-/m0/s1. The van der Waals surface area contributed by atoms with E-state index < -0.39 is 0 Å². The maximum Gasteiger partial charge on any atom is 0.262 e. The lowest BCUT2D eigenvalue weighted by Gasteiger charge is -2.31. The summed E-state index contributed by atoms with van der Waals surface area (Å²) in [6.07, 6.45) is 6.49. The zero-order chi connectivity index (χ0) is 32.2. The summed E-state index contributed by atoms with van der Waals surface area (Å²) in [5.74, 6) is 0.704. The van der Waals surface area contributed by atoms with Crippen molar-refractivity contribution in [3.63, 3.8) is 0 Å². The third-order valence-electron chi connectivity index (χ3n) is 8.81. The molecular weight excluding hydrogens is 606 g/mol. The Labute approximate surface area is 272 Å². The summed E-state index contributed by atoms with van der Waals surface area (Å²) >= 11 is 6.98. The van der Waals surface area contributed by atoms with Gasteiger partial charge in [0.2, 0.25) is 17.7 Å². The van der Waals surface area contributed by atoms with Crippen LogP contribution in [0.5, 0.6) is 5.88 Å². The van der Waals surface area contributed by atoms with Crippen molar-refractivity contribution in [2.75, 3.05) is 26.7 Å². The fourth-order valence-corrected chi connectivity index (χ4v) is 6.48. The third kappa shape index (κ3) is 6.91. The number of amides is 2. The van der Waals surface area contributed by atoms with Gasteiger partial charge in [0.05, 0.1) is 23.4 Å². The van der Waals surface area contributed by atoms with Crippen LogP contribution in [0.1, 0.15) is 43.7 Å². The van der Waals surface area contributed by atoms with Crippen molar-refractivity contribution < 1.29 is 14.3 Å². The number of likely N-dealkylation sites (tertiary alicyclic amines) is 1. The summed E-state index contributed by atoms with van der Waals surface area (Å²) in [5, 5.41) is 10.3. The number of fused-ring (bicyclic) bond motifs is 1. The highest BCUT2D eigenvalue weighted by Crippen LogP contribution is 2.37. The van der Waals surface area contributed by atoms with E-state index in [0.29, 0.717) is 53.9 Å². The van der Waals surface area contributed by atoms with Crippen molar-refractivity contribution in [1.82, 2.24) is 35.2 Å². The number of hydrogen-bond acceptors (Lipinski definition) is 8. The second kappa shape index (κ2) is 14.0. The molecule has 0 bridgehead atoms. The first-order valence-corrected chi connectivity index (χ1v) is 16.0. The van der Waals surface area contributed by atoms with E-state index in [-0.39, 0.29) is 29.5 Å². The van der Waals surface area contributed by atoms with Crippen molar-refractivity contribution in [1.29, 1.82) is 0 Å². The van der Waals surface area contributed by atoms with Gasteiger partial charge in [0.1, 0.15) is 5.65 Å². The largest absolute Gasteiger partial charge is 0.481 e. The van der Waals surface area contributed by atoms with E-state index in [2.05, 4.69) is 20.9 Å². The maximum absolute atomic E-state index is 13.3. The summed E-state index contributed by atoms with van der Waals surface area (Å²) in [5.41, 5.74) is 4.95. The number of rotatable bonds is 10. The number of hydrogen-bond donors (Lipinski definition) is 3. The van der Waals surface area contributed by atoms with Gasteiger partial charge in [0.15, 0.2) is 0 Å². The van der Waals surface area contributed by atoms with E-state index in [0.717, 1.165) is 54.6 Å². The Morgan fingerprint density at radius 3 is 2.61 bits per heavy atom. The third-order valence-corrected chi connectivity index (χ3v) is 9.22. The Balaban J connectivity index is 1.16. The number of benzene rings is 1. The normalized spacial score (nSPS) is 17.0. The zero-order valence-electron chi connectivity index (χ0n) is 26.0. The predicted octanol–water partition coefficient (Wildman–Crippen LogP) is 3.55. The van der Waals surface area contributed by atoms with E-state index >= 15 is 0 Å². The van der Waals surface area contributed by atoms with Crippen molar-refractivity contribution >= 4 is 29.1 Å². The van der Waals surface area contributed by atoms with Crippen LogP contribution < -0.4 is 26.2 Å². The van der Waals surface area contributed by atoms with Gasteiger partial charge in [-0.25, -0.2) is 9.97 Å². The summed E-state index contributed by atoms with van der Waals surface area (Å²) in [4.78, 5) is 47.6. The number of carbonyl (C=O) groups excluding carboxylic acids is 2. The highest BCUT2D eigenvalue weighted by atomic mass is 35.5. The fourth-order valence-electron chi connectivity index (χ4n) is 6.15. The van der Waals surface area contributed by atoms with Crippen LogP contribution >= 0.6 is 11.6 Å². The minimum absolute atomic E-state index is 0.0980. The topological polar surface area (TPSA) is 130 Å². The van der Waals surface area contributed by atoms with Gasteiger partial charge in [-0.2, -0.15) is 0 Å². The first-order valence-electron chi connectivity index (χ1n) is 15.6. The zero-order valence-corrected chi connectivity index (χ0v) is 26.8. The molecule has 12 heteroatoms. The summed E-state index contributed by atoms with van der Waals surface area (Å²) in [6.45, 7) is 4.70. The van der Waals surface area contributed by atoms with Crippen LogP contribution in [0, 0.1) is 0 Å². The monoisotopic (exact) mass is 643 g/mol. The molecule has 2 amide bonds. The molecule has 2 saturated heterocycles. The molecule has 3 aromatic heterocycles. The van der Waals surface area contributed by atoms with E-state index in [4.69, 9.17) is 21.3 Å². The van der Waals surface area contributed by atoms with Gasteiger partial charge < -0.3 is 25.6 Å². The number of methoxy groups -OCH3 is 1. The van der Waals surface area contributed by atoms with Crippen LogP contribution in [0.2, 0.25) is 5.02 Å². The number of halogens is 1. The second-order valence-electron chi connectivity index (χ2n) is 11.9. The van der Waals surface area contributed by atoms with Crippen LogP contribution in [-0.2, 0) is 22.7 Å². The van der Waals surface area contributed by atoms with Gasteiger partial charge in [0, 0.05) is 87.2 Å². The lowest BCUT2D eigenvalue weighted by molar-refractivity contribution is -0.130. The molecule has 2 fully saturated rings. The van der Waals surface area contributed by atoms with Gasteiger partial charge in [-0.1, -0.05) is 35.9 Å². The molecule has 2 aliphatic rings. The first-order chi connectivity index (χ1) is 22.3. The number of pyridine rings is 2. The Kier molecular flexibility index (Phi) is 9.62. The first kappa shape index (κ1) is 31.7. The Morgan fingerprint density at radius 2 is 1.87 bits per heavy atom. The number of carbonyl (C=O) groups is 2. The average molecular weight is 644 g/mol. The fraction of sp³-hybridized carbons (Fsp3) is 0.382. The molecule has 5 heterocycles. The molecule has 0 spiro atoms. The smallest absolute Gasteiger partial charge is 0.262 e. The van der Waals surface area contributed by atoms with E-state index in [1.807, 2.05) is 47.4 Å². The van der Waals surface area contributed by atoms with Gasteiger partial charge in [0.25, 0.3) is 5.56 Å². The molecule has 0 saturated carbocycles. The lowest BCUT2D eigenvalue weighted by atomic mass is 10.0. The van der Waals surface area contributed by atoms with E-state index in [9.17, 15) is 14.4 Å². The molecule has 0 radical (unpaired) electrons. The highest BCUT2D eigenvalue weighted by molar-refractivity contribution is 6.36. The minimum Gasteiger partial charge on any atom is -0.481 e. The van der Waals surface area contributed by atoms with Crippen molar-refractivity contribution in [2.45, 2.75) is 57.8 Å². The number of nitrogens with one attached hydrogen (secondary N) is 3. The molecule has 1 aromatic carbocycles. The average Bonchev–Trinajstić information content (AvgIpc) is 3.49. The Bertz CT molecular complexity index is 1820. The van der Waals surface area contributed by atoms with Crippen molar-refractivity contribution in [2.24, 2.45) is 0 Å². The van der Waals surface area contributed by atoms with E-state index in [1.165, 1.54) is 0 Å². The van der Waals surface area contributed by atoms with Gasteiger partial charge in [-0.05, 0) is 43.0 Å². The van der Waals surface area contributed by atoms with Crippen LogP contribution in [0.25, 0.3) is 28.0 Å². The molecule has 6 rings (SSSR count). The molecule has 0 aliphatic carbocycles. The predicted molar refractivity (Wildman–Crippen MR) is 177 cm³/mol. The SMILES string of the molecule is COc1nc(-c2cccc(-c3ccn4c(=O)c(CNC5CCN(C(C)=O)CC5)cnc4c3)c2Cl)ccc1CNC[C@@H]1CCC(=O)N1. The maximum atomic E-state index is 13.3. The number of aromatic nitrogens is 3. The molecule has 240 valence electrons. The van der Waals surface area contributed by atoms with Gasteiger partial charge in [-0.3, -0.25) is 18.8 Å². The van der Waals surface area contributed by atoms with Crippen LogP contribution in [-0.4, -0.2) is 69.9 Å². The number of piperidine rings is 1. The van der Waals surface area contributed by atoms with Crippen molar-refractivity contribution in [3.8, 4) is 28.3 Å². The number of ether oxygens (including phenoxy) is 1. The van der Waals surface area contributed by atoms with Crippen LogP contribution in [0.3, 0.4) is 0 Å². The molecule has 1 atom stereocenters. The Morgan fingerprint density at radius 1 is 1.07 bits per heavy atom. The van der Waals surface area contributed by atoms with Crippen molar-refractivity contribution in [3.05, 3.63) is 81.4 Å². The molecular formula is C34H38ClN7O4. The molecule has 46 heavy (non-hydrogen) atoms. The molecule has 4 aromatic rings. The Hall–Kier alpha value is -4.32. The van der Waals surface area contributed by atoms with Gasteiger partial charge >= 0.3 is 0 Å². The summed E-state index contributed by atoms with van der Waals surface area (Å²) in [7, 11) is 1.59.